The van der Waals surface area contributed by atoms with Gasteiger partial charge in [0.2, 0.25) is 0 Å². The number of hydrogen-bond donors (Lipinski definition) is 1. The summed E-state index contributed by atoms with van der Waals surface area (Å²) in [4.78, 5) is 27.8. The van der Waals surface area contributed by atoms with Gasteiger partial charge < -0.3 is 14.9 Å². The van der Waals surface area contributed by atoms with Gasteiger partial charge in [0.05, 0.1) is 12.5 Å². The van der Waals surface area contributed by atoms with Crippen LogP contribution in [0.2, 0.25) is 0 Å². The lowest BCUT2D eigenvalue weighted by Gasteiger charge is -2.28. The Labute approximate surface area is 116 Å². The molecule has 0 saturated carbocycles. The van der Waals surface area contributed by atoms with Crippen LogP contribution in [0.25, 0.3) is 0 Å². The molecule has 1 saturated heterocycles. The standard InChI is InChI=1S/C13H18N2O3S/c1-9-11(12(16)17)5-6-15(9)13(18)14(2)8-10-4-3-7-19-10/h3-4,7,9,11H,5-6,8H2,1-2H3,(H,16,17). The van der Waals surface area contributed by atoms with Crippen molar-refractivity contribution in [3.05, 3.63) is 22.4 Å². The van der Waals surface area contributed by atoms with E-state index in [-0.39, 0.29) is 12.1 Å². The van der Waals surface area contributed by atoms with E-state index in [0.717, 1.165) is 4.88 Å². The summed E-state index contributed by atoms with van der Waals surface area (Å²) in [6, 6.07) is 3.61. The van der Waals surface area contributed by atoms with Crippen LogP contribution in [0.4, 0.5) is 4.79 Å². The van der Waals surface area contributed by atoms with Crippen molar-refractivity contribution in [1.82, 2.24) is 9.80 Å². The Morgan fingerprint density at radius 2 is 2.32 bits per heavy atom. The number of hydrogen-bond acceptors (Lipinski definition) is 3. The SMILES string of the molecule is CC1C(C(=O)O)CCN1C(=O)N(C)Cc1cccs1. The third-order valence-corrected chi connectivity index (χ3v) is 4.48. The average molecular weight is 282 g/mol. The Bertz CT molecular complexity index is 460. The number of rotatable bonds is 3. The average Bonchev–Trinajstić information content (AvgIpc) is 2.97. The van der Waals surface area contributed by atoms with Crippen molar-refractivity contribution >= 4 is 23.3 Å². The van der Waals surface area contributed by atoms with Crippen LogP contribution < -0.4 is 0 Å². The number of carboxylic acid groups (broad SMARTS) is 1. The van der Waals surface area contributed by atoms with Crippen LogP contribution in [0.1, 0.15) is 18.2 Å². The number of carbonyl (C=O) groups is 2. The summed E-state index contributed by atoms with van der Waals surface area (Å²) in [5, 5.41) is 11.1. The zero-order valence-corrected chi connectivity index (χ0v) is 11.9. The van der Waals surface area contributed by atoms with Crippen molar-refractivity contribution in [2.45, 2.75) is 25.9 Å². The number of amides is 2. The second-order valence-corrected chi connectivity index (χ2v) is 5.92. The molecule has 0 aromatic carbocycles. The molecule has 0 aliphatic carbocycles. The zero-order chi connectivity index (χ0) is 14.0. The van der Waals surface area contributed by atoms with Crippen molar-refractivity contribution in [1.29, 1.82) is 0 Å². The van der Waals surface area contributed by atoms with Crippen LogP contribution in [0.3, 0.4) is 0 Å². The molecule has 2 amide bonds. The number of carbonyl (C=O) groups excluding carboxylic acids is 1. The summed E-state index contributed by atoms with van der Waals surface area (Å²) in [5.74, 6) is -1.26. The summed E-state index contributed by atoms with van der Waals surface area (Å²) in [5.41, 5.74) is 0. The molecule has 1 aromatic rings. The topological polar surface area (TPSA) is 60.9 Å². The summed E-state index contributed by atoms with van der Waals surface area (Å²) >= 11 is 1.61. The van der Waals surface area contributed by atoms with Crippen molar-refractivity contribution in [3.63, 3.8) is 0 Å². The molecule has 104 valence electrons. The lowest BCUT2D eigenvalue weighted by atomic mass is 10.0. The maximum atomic E-state index is 12.3. The van der Waals surface area contributed by atoms with Crippen molar-refractivity contribution in [2.75, 3.05) is 13.6 Å². The molecular formula is C13H18N2O3S. The van der Waals surface area contributed by atoms with Crippen LogP contribution in [0, 0.1) is 5.92 Å². The molecule has 1 N–H and O–H groups in total. The fraction of sp³-hybridized carbons (Fsp3) is 0.538. The van der Waals surface area contributed by atoms with Crippen LogP contribution in [-0.4, -0.2) is 46.5 Å². The van der Waals surface area contributed by atoms with Gasteiger partial charge in [-0.25, -0.2) is 4.79 Å². The molecule has 1 aliphatic rings. The third kappa shape index (κ3) is 2.89. The summed E-state index contributed by atoms with van der Waals surface area (Å²) in [6.07, 6.45) is 0.537. The third-order valence-electron chi connectivity index (χ3n) is 3.62. The molecule has 2 rings (SSSR count). The molecule has 0 bridgehead atoms. The van der Waals surface area contributed by atoms with Gasteiger partial charge in [-0.2, -0.15) is 0 Å². The highest BCUT2D eigenvalue weighted by atomic mass is 32.1. The zero-order valence-electron chi connectivity index (χ0n) is 11.1. The van der Waals surface area contributed by atoms with Gasteiger partial charge in [0.1, 0.15) is 0 Å². The Kier molecular flexibility index (Phi) is 4.09. The number of likely N-dealkylation sites (tertiary alicyclic amines) is 1. The Hall–Kier alpha value is -1.56. The van der Waals surface area contributed by atoms with E-state index >= 15 is 0 Å². The molecule has 1 aromatic heterocycles. The highest BCUT2D eigenvalue weighted by Gasteiger charge is 2.39. The van der Waals surface area contributed by atoms with E-state index in [0.29, 0.717) is 19.5 Å². The van der Waals surface area contributed by atoms with E-state index < -0.39 is 11.9 Å². The Morgan fingerprint density at radius 3 is 2.84 bits per heavy atom. The molecule has 0 spiro atoms. The number of aliphatic carboxylic acids is 1. The Balaban J connectivity index is 1.98. The smallest absolute Gasteiger partial charge is 0.320 e. The molecule has 1 aliphatic heterocycles. The summed E-state index contributed by atoms with van der Waals surface area (Å²) in [7, 11) is 1.75. The number of urea groups is 1. The van der Waals surface area contributed by atoms with Crippen molar-refractivity contribution < 1.29 is 14.7 Å². The largest absolute Gasteiger partial charge is 0.481 e. The lowest BCUT2D eigenvalue weighted by Crippen LogP contribution is -2.44. The summed E-state index contributed by atoms with van der Waals surface area (Å²) < 4.78 is 0. The highest BCUT2D eigenvalue weighted by molar-refractivity contribution is 7.09. The lowest BCUT2D eigenvalue weighted by molar-refractivity contribution is -0.142. The number of carboxylic acids is 1. The van der Waals surface area contributed by atoms with E-state index in [2.05, 4.69) is 0 Å². The first-order valence-electron chi connectivity index (χ1n) is 6.27. The monoisotopic (exact) mass is 282 g/mol. The minimum absolute atomic E-state index is 0.0929. The molecule has 5 nitrogen and oxygen atoms in total. The molecule has 2 atom stereocenters. The first kappa shape index (κ1) is 13.9. The van der Waals surface area contributed by atoms with Gasteiger partial charge in [-0.1, -0.05) is 6.07 Å². The van der Waals surface area contributed by atoms with Crippen LogP contribution in [0.15, 0.2) is 17.5 Å². The van der Waals surface area contributed by atoms with E-state index in [4.69, 9.17) is 5.11 Å². The molecule has 2 unspecified atom stereocenters. The molecule has 6 heteroatoms. The fourth-order valence-electron chi connectivity index (χ4n) is 2.46. The van der Waals surface area contributed by atoms with Crippen LogP contribution >= 0.6 is 11.3 Å². The van der Waals surface area contributed by atoms with Gasteiger partial charge in [-0.3, -0.25) is 4.79 Å². The fourth-order valence-corrected chi connectivity index (χ4v) is 3.22. The van der Waals surface area contributed by atoms with Gasteiger partial charge in [0, 0.05) is 24.5 Å². The molecule has 0 radical (unpaired) electrons. The molecule has 19 heavy (non-hydrogen) atoms. The maximum absolute atomic E-state index is 12.3. The van der Waals surface area contributed by atoms with Gasteiger partial charge in [-0.05, 0) is 24.8 Å². The van der Waals surface area contributed by atoms with E-state index in [9.17, 15) is 9.59 Å². The number of nitrogens with zero attached hydrogens (tertiary/aromatic N) is 2. The molecule has 2 heterocycles. The van der Waals surface area contributed by atoms with Crippen LogP contribution in [-0.2, 0) is 11.3 Å². The van der Waals surface area contributed by atoms with E-state index in [1.807, 2.05) is 24.4 Å². The normalized spacial score (nSPS) is 22.5. The minimum Gasteiger partial charge on any atom is -0.481 e. The predicted molar refractivity (Wildman–Crippen MR) is 73.1 cm³/mol. The molecular weight excluding hydrogens is 264 g/mol. The highest BCUT2D eigenvalue weighted by Crippen LogP contribution is 2.25. The van der Waals surface area contributed by atoms with E-state index in [1.54, 1.807) is 28.2 Å². The first-order chi connectivity index (χ1) is 9.00. The van der Waals surface area contributed by atoms with Crippen LogP contribution in [0.5, 0.6) is 0 Å². The van der Waals surface area contributed by atoms with Crippen molar-refractivity contribution in [3.8, 4) is 0 Å². The van der Waals surface area contributed by atoms with E-state index in [1.165, 1.54) is 0 Å². The van der Waals surface area contributed by atoms with Gasteiger partial charge in [0.15, 0.2) is 0 Å². The van der Waals surface area contributed by atoms with Gasteiger partial charge >= 0.3 is 12.0 Å². The predicted octanol–water partition coefficient (Wildman–Crippen LogP) is 2.09. The molecule has 1 fully saturated rings. The second-order valence-electron chi connectivity index (χ2n) is 4.89. The van der Waals surface area contributed by atoms with Crippen molar-refractivity contribution in [2.24, 2.45) is 5.92 Å². The number of thiophene rings is 1. The second kappa shape index (κ2) is 5.61. The van der Waals surface area contributed by atoms with Gasteiger partial charge in [-0.15, -0.1) is 11.3 Å². The quantitative estimate of drug-likeness (QED) is 0.923. The minimum atomic E-state index is -0.816. The Morgan fingerprint density at radius 1 is 1.58 bits per heavy atom. The first-order valence-corrected chi connectivity index (χ1v) is 7.15. The van der Waals surface area contributed by atoms with Gasteiger partial charge in [0.25, 0.3) is 0 Å². The maximum Gasteiger partial charge on any atom is 0.320 e. The summed E-state index contributed by atoms with van der Waals surface area (Å²) in [6.45, 7) is 2.89.